The number of allylic oxidation sites excluding steroid dienone is 1. The van der Waals surface area contributed by atoms with Gasteiger partial charge in [0.1, 0.15) is 18.4 Å². The molecule has 0 saturated heterocycles. The zero-order chi connectivity index (χ0) is 18.5. The SMILES string of the molecule is C=CCOc1ccc(/C=C(\C#N)c2nc3cc(Cl)ccc3c(=O)[nH]2)cc1. The quantitative estimate of drug-likeness (QED) is 0.544. The van der Waals surface area contributed by atoms with Crippen LogP contribution >= 0.6 is 11.6 Å². The maximum Gasteiger partial charge on any atom is 0.259 e. The Morgan fingerprint density at radius 1 is 1.31 bits per heavy atom. The molecule has 3 rings (SSSR count). The lowest BCUT2D eigenvalue weighted by molar-refractivity contribution is 0.363. The lowest BCUT2D eigenvalue weighted by Crippen LogP contribution is -2.11. The molecule has 0 spiro atoms. The van der Waals surface area contributed by atoms with Gasteiger partial charge >= 0.3 is 0 Å². The van der Waals surface area contributed by atoms with E-state index in [1.807, 2.05) is 12.1 Å². The third kappa shape index (κ3) is 3.82. The molecule has 0 aliphatic heterocycles. The summed E-state index contributed by atoms with van der Waals surface area (Å²) < 4.78 is 5.43. The van der Waals surface area contributed by atoms with Gasteiger partial charge in [0.2, 0.25) is 0 Å². The Bertz CT molecular complexity index is 1090. The fourth-order valence-corrected chi connectivity index (χ4v) is 2.54. The molecule has 0 unspecified atom stereocenters. The van der Waals surface area contributed by atoms with Crippen LogP contribution in [0.25, 0.3) is 22.6 Å². The summed E-state index contributed by atoms with van der Waals surface area (Å²) in [5.74, 6) is 0.895. The van der Waals surface area contributed by atoms with Crippen LogP contribution in [0.1, 0.15) is 11.4 Å². The minimum absolute atomic E-state index is 0.194. The molecule has 128 valence electrons. The first-order chi connectivity index (χ1) is 12.6. The van der Waals surface area contributed by atoms with Crippen LogP contribution in [0.2, 0.25) is 5.02 Å². The number of rotatable bonds is 5. The Kier molecular flexibility index (Phi) is 5.16. The van der Waals surface area contributed by atoms with E-state index in [0.29, 0.717) is 28.3 Å². The molecule has 0 fully saturated rings. The number of fused-ring (bicyclic) bond motifs is 1. The second kappa shape index (κ2) is 7.68. The highest BCUT2D eigenvalue weighted by Crippen LogP contribution is 2.20. The van der Waals surface area contributed by atoms with Crippen molar-refractivity contribution in [3.05, 3.63) is 81.9 Å². The zero-order valence-corrected chi connectivity index (χ0v) is 14.5. The van der Waals surface area contributed by atoms with Crippen LogP contribution in [-0.4, -0.2) is 16.6 Å². The van der Waals surface area contributed by atoms with E-state index in [2.05, 4.69) is 22.6 Å². The van der Waals surface area contributed by atoms with E-state index in [0.717, 1.165) is 5.56 Å². The molecule has 0 aliphatic rings. The average molecular weight is 364 g/mol. The molecule has 1 heterocycles. The zero-order valence-electron chi connectivity index (χ0n) is 13.7. The normalized spacial score (nSPS) is 11.2. The summed E-state index contributed by atoms with van der Waals surface area (Å²) in [6.45, 7) is 4.02. The van der Waals surface area contributed by atoms with Crippen LogP contribution < -0.4 is 10.3 Å². The molecule has 1 aromatic heterocycles. The molecule has 0 bridgehead atoms. The maximum atomic E-state index is 12.2. The van der Waals surface area contributed by atoms with Gasteiger partial charge in [0.05, 0.1) is 16.5 Å². The largest absolute Gasteiger partial charge is 0.490 e. The van der Waals surface area contributed by atoms with Gasteiger partial charge in [0.25, 0.3) is 5.56 Å². The van der Waals surface area contributed by atoms with Crippen molar-refractivity contribution in [3.8, 4) is 11.8 Å². The average Bonchev–Trinajstić information content (AvgIpc) is 2.65. The van der Waals surface area contributed by atoms with Gasteiger partial charge in [-0.25, -0.2) is 4.98 Å². The van der Waals surface area contributed by atoms with Crippen molar-refractivity contribution in [2.24, 2.45) is 0 Å². The van der Waals surface area contributed by atoms with E-state index in [1.54, 1.807) is 42.5 Å². The number of benzene rings is 2. The predicted molar refractivity (Wildman–Crippen MR) is 103 cm³/mol. The molecule has 0 amide bonds. The van der Waals surface area contributed by atoms with Crippen molar-refractivity contribution >= 4 is 34.2 Å². The molecule has 0 atom stereocenters. The van der Waals surface area contributed by atoms with E-state index < -0.39 is 0 Å². The number of H-pyrrole nitrogens is 1. The second-order valence-corrected chi connectivity index (χ2v) is 5.85. The van der Waals surface area contributed by atoms with Crippen LogP contribution in [-0.2, 0) is 0 Å². The van der Waals surface area contributed by atoms with Gasteiger partial charge in [-0.2, -0.15) is 5.26 Å². The number of nitrogens with one attached hydrogen (secondary N) is 1. The number of halogens is 1. The molecule has 6 heteroatoms. The number of nitriles is 1. The van der Waals surface area contributed by atoms with Crippen molar-refractivity contribution in [3.63, 3.8) is 0 Å². The molecular formula is C20H14ClN3O2. The lowest BCUT2D eigenvalue weighted by Gasteiger charge is -2.04. The molecule has 0 aliphatic carbocycles. The summed E-state index contributed by atoms with van der Waals surface area (Å²) in [5, 5.41) is 10.4. The minimum Gasteiger partial charge on any atom is -0.490 e. The van der Waals surface area contributed by atoms with Crippen LogP contribution in [0, 0.1) is 11.3 Å². The summed E-state index contributed by atoms with van der Waals surface area (Å²) in [6.07, 6.45) is 3.31. The number of ether oxygens (including phenoxy) is 1. The Morgan fingerprint density at radius 2 is 2.08 bits per heavy atom. The van der Waals surface area contributed by atoms with E-state index in [4.69, 9.17) is 16.3 Å². The van der Waals surface area contributed by atoms with Gasteiger partial charge in [-0.1, -0.05) is 36.4 Å². The number of nitrogens with zero attached hydrogens (tertiary/aromatic N) is 2. The number of aromatic amines is 1. The molecule has 0 saturated carbocycles. The van der Waals surface area contributed by atoms with Crippen molar-refractivity contribution in [1.29, 1.82) is 5.26 Å². The number of aromatic nitrogens is 2. The van der Waals surface area contributed by atoms with Crippen molar-refractivity contribution in [2.75, 3.05) is 6.61 Å². The summed E-state index contributed by atoms with van der Waals surface area (Å²) >= 11 is 5.97. The summed E-state index contributed by atoms with van der Waals surface area (Å²) in [6, 6.07) is 14.1. The van der Waals surface area contributed by atoms with Gasteiger partial charge in [0, 0.05) is 5.02 Å². The van der Waals surface area contributed by atoms with E-state index in [9.17, 15) is 10.1 Å². The lowest BCUT2D eigenvalue weighted by atomic mass is 10.1. The Morgan fingerprint density at radius 3 is 2.77 bits per heavy atom. The third-order valence-electron chi connectivity index (χ3n) is 3.60. The fourth-order valence-electron chi connectivity index (χ4n) is 2.38. The van der Waals surface area contributed by atoms with E-state index in [1.165, 1.54) is 0 Å². The first-order valence-electron chi connectivity index (χ1n) is 7.76. The molecule has 2 aromatic carbocycles. The number of hydrogen-bond acceptors (Lipinski definition) is 4. The standard InChI is InChI=1S/C20H14ClN3O2/c1-2-9-26-16-6-3-13(4-7-16)10-14(12-22)19-23-18-11-15(21)5-8-17(18)20(25)24-19/h2-8,10-11H,1,9H2,(H,23,24,25)/b14-10+. The Balaban J connectivity index is 1.99. The first kappa shape index (κ1) is 17.5. The van der Waals surface area contributed by atoms with Crippen molar-refractivity contribution in [1.82, 2.24) is 9.97 Å². The minimum atomic E-state index is -0.323. The predicted octanol–water partition coefficient (Wildman–Crippen LogP) is 4.21. The molecule has 1 N–H and O–H groups in total. The molecule has 5 nitrogen and oxygen atoms in total. The molecule has 0 radical (unpaired) electrons. The van der Waals surface area contributed by atoms with Gasteiger partial charge in [-0.3, -0.25) is 4.79 Å². The Labute approximate surface area is 154 Å². The van der Waals surface area contributed by atoms with Gasteiger partial charge in [-0.15, -0.1) is 0 Å². The number of hydrogen-bond donors (Lipinski definition) is 1. The smallest absolute Gasteiger partial charge is 0.259 e. The van der Waals surface area contributed by atoms with Gasteiger partial charge in [-0.05, 0) is 42.0 Å². The van der Waals surface area contributed by atoms with E-state index in [-0.39, 0.29) is 17.0 Å². The van der Waals surface area contributed by atoms with Crippen LogP contribution in [0.15, 0.2) is 59.9 Å². The maximum absolute atomic E-state index is 12.2. The highest BCUT2D eigenvalue weighted by molar-refractivity contribution is 6.31. The third-order valence-corrected chi connectivity index (χ3v) is 3.84. The van der Waals surface area contributed by atoms with Crippen molar-refractivity contribution < 1.29 is 4.74 Å². The summed E-state index contributed by atoms with van der Waals surface area (Å²) in [7, 11) is 0. The molecular weight excluding hydrogens is 350 g/mol. The monoisotopic (exact) mass is 363 g/mol. The summed E-state index contributed by atoms with van der Waals surface area (Å²) in [5.41, 5.74) is 1.13. The van der Waals surface area contributed by atoms with Crippen LogP contribution in [0.5, 0.6) is 5.75 Å². The highest BCUT2D eigenvalue weighted by atomic mass is 35.5. The summed E-state index contributed by atoms with van der Waals surface area (Å²) in [4.78, 5) is 19.2. The molecule has 26 heavy (non-hydrogen) atoms. The van der Waals surface area contributed by atoms with Crippen molar-refractivity contribution in [2.45, 2.75) is 0 Å². The van der Waals surface area contributed by atoms with Crippen LogP contribution in [0.4, 0.5) is 0 Å². The molecule has 3 aromatic rings. The second-order valence-electron chi connectivity index (χ2n) is 5.41. The van der Waals surface area contributed by atoms with Gasteiger partial charge in [0.15, 0.2) is 5.82 Å². The van der Waals surface area contributed by atoms with Crippen LogP contribution in [0.3, 0.4) is 0 Å². The van der Waals surface area contributed by atoms with E-state index >= 15 is 0 Å². The fraction of sp³-hybridized carbons (Fsp3) is 0.0500. The Hall–Kier alpha value is -3.36. The first-order valence-corrected chi connectivity index (χ1v) is 8.14. The van der Waals surface area contributed by atoms with Gasteiger partial charge < -0.3 is 9.72 Å². The topological polar surface area (TPSA) is 78.8 Å². The highest BCUT2D eigenvalue weighted by Gasteiger charge is 2.09.